The van der Waals surface area contributed by atoms with Crippen LogP contribution in [0, 0.1) is 0 Å². The predicted octanol–water partition coefficient (Wildman–Crippen LogP) is 4.99. The second-order valence-electron chi connectivity index (χ2n) is 7.33. The largest absolute Gasteiger partial charge is 0.399 e. The van der Waals surface area contributed by atoms with Gasteiger partial charge in [-0.2, -0.15) is 0 Å². The number of fused-ring (bicyclic) bond motifs is 1. The van der Waals surface area contributed by atoms with Crippen LogP contribution in [0.25, 0.3) is 21.3 Å². The molecule has 148 valence electrons. The van der Waals surface area contributed by atoms with Crippen LogP contribution >= 0.6 is 22.9 Å². The summed E-state index contributed by atoms with van der Waals surface area (Å²) in [5, 5.41) is 21.7. The van der Waals surface area contributed by atoms with E-state index in [2.05, 4.69) is 17.1 Å². The zero-order chi connectivity index (χ0) is 20.6. The Hall–Kier alpha value is -2.44. The molecule has 4 N–H and O–H groups in total. The predicted molar refractivity (Wildman–Crippen MR) is 120 cm³/mol. The van der Waals surface area contributed by atoms with E-state index in [1.165, 1.54) is 4.88 Å². The van der Waals surface area contributed by atoms with Gasteiger partial charge < -0.3 is 15.9 Å². The Balaban J connectivity index is 1.76. The SMILES string of the molecule is CC(O)(CO)c1ccnc(-c2cccc3cc(Cc4cc(N)ccc4Cl)sc23)c1. The first kappa shape index (κ1) is 19.9. The minimum Gasteiger partial charge on any atom is -0.399 e. The van der Waals surface area contributed by atoms with E-state index in [0.29, 0.717) is 22.7 Å². The smallest absolute Gasteiger partial charge is 0.110 e. The number of aliphatic hydroxyl groups is 2. The van der Waals surface area contributed by atoms with E-state index in [4.69, 9.17) is 17.3 Å². The van der Waals surface area contributed by atoms with Crippen molar-refractivity contribution in [1.29, 1.82) is 0 Å². The Morgan fingerprint density at radius 2 is 1.97 bits per heavy atom. The summed E-state index contributed by atoms with van der Waals surface area (Å²) >= 11 is 8.04. The topological polar surface area (TPSA) is 79.4 Å². The van der Waals surface area contributed by atoms with Crippen molar-refractivity contribution in [2.45, 2.75) is 18.9 Å². The van der Waals surface area contributed by atoms with Gasteiger partial charge in [0.25, 0.3) is 0 Å². The number of rotatable bonds is 5. The van der Waals surface area contributed by atoms with Crippen molar-refractivity contribution in [2.75, 3.05) is 12.3 Å². The van der Waals surface area contributed by atoms with Gasteiger partial charge in [0.05, 0.1) is 12.3 Å². The van der Waals surface area contributed by atoms with Crippen molar-refractivity contribution in [3.63, 3.8) is 0 Å². The fraction of sp³-hybridized carbons (Fsp3) is 0.174. The number of halogens is 1. The van der Waals surface area contributed by atoms with E-state index >= 15 is 0 Å². The van der Waals surface area contributed by atoms with Gasteiger partial charge in [0.2, 0.25) is 0 Å². The molecule has 4 nitrogen and oxygen atoms in total. The molecule has 2 heterocycles. The van der Waals surface area contributed by atoms with Crippen LogP contribution in [0.3, 0.4) is 0 Å². The highest BCUT2D eigenvalue weighted by molar-refractivity contribution is 7.19. The molecule has 0 radical (unpaired) electrons. The number of aliphatic hydroxyl groups excluding tert-OH is 1. The fourth-order valence-electron chi connectivity index (χ4n) is 3.33. The Morgan fingerprint density at radius 1 is 1.14 bits per heavy atom. The quantitative estimate of drug-likeness (QED) is 0.394. The van der Waals surface area contributed by atoms with E-state index in [-0.39, 0.29) is 6.61 Å². The van der Waals surface area contributed by atoms with Crippen LogP contribution in [0.2, 0.25) is 5.02 Å². The molecule has 0 aliphatic rings. The van der Waals surface area contributed by atoms with E-state index in [9.17, 15) is 10.2 Å². The number of nitrogen functional groups attached to an aromatic ring is 1. The molecular formula is C23H21ClN2O2S. The van der Waals surface area contributed by atoms with Crippen LogP contribution < -0.4 is 5.73 Å². The number of pyridine rings is 1. The van der Waals surface area contributed by atoms with Crippen LogP contribution in [0.1, 0.15) is 22.9 Å². The van der Waals surface area contributed by atoms with Gasteiger partial charge in [-0.3, -0.25) is 4.98 Å². The minimum atomic E-state index is -1.31. The molecule has 0 aliphatic carbocycles. The molecule has 29 heavy (non-hydrogen) atoms. The maximum atomic E-state index is 10.4. The van der Waals surface area contributed by atoms with Crippen molar-refractivity contribution in [3.8, 4) is 11.3 Å². The number of aromatic nitrogens is 1. The van der Waals surface area contributed by atoms with Crippen molar-refractivity contribution in [2.24, 2.45) is 0 Å². The maximum absolute atomic E-state index is 10.4. The molecule has 6 heteroatoms. The first-order valence-electron chi connectivity index (χ1n) is 9.23. The fourth-order valence-corrected chi connectivity index (χ4v) is 4.71. The van der Waals surface area contributed by atoms with Crippen LogP contribution in [0.5, 0.6) is 0 Å². The van der Waals surface area contributed by atoms with Gasteiger partial charge >= 0.3 is 0 Å². The monoisotopic (exact) mass is 424 g/mol. The van der Waals surface area contributed by atoms with Gasteiger partial charge in [-0.05, 0) is 59.8 Å². The van der Waals surface area contributed by atoms with Crippen molar-refractivity contribution in [3.05, 3.63) is 81.8 Å². The Bertz CT molecular complexity index is 1190. The summed E-state index contributed by atoms with van der Waals surface area (Å²) in [6, 6.07) is 17.4. The minimum absolute atomic E-state index is 0.356. The van der Waals surface area contributed by atoms with E-state index < -0.39 is 5.60 Å². The normalized spacial score (nSPS) is 13.5. The number of thiophene rings is 1. The van der Waals surface area contributed by atoms with E-state index in [1.54, 1.807) is 36.6 Å². The van der Waals surface area contributed by atoms with Crippen molar-refractivity contribution in [1.82, 2.24) is 4.98 Å². The lowest BCUT2D eigenvalue weighted by Gasteiger charge is -2.21. The van der Waals surface area contributed by atoms with E-state index in [1.807, 2.05) is 30.3 Å². The number of anilines is 1. The highest BCUT2D eigenvalue weighted by Gasteiger charge is 2.23. The summed E-state index contributed by atoms with van der Waals surface area (Å²) in [5.41, 5.74) is 8.69. The maximum Gasteiger partial charge on any atom is 0.110 e. The first-order chi connectivity index (χ1) is 13.9. The molecule has 1 unspecified atom stereocenters. The second kappa shape index (κ2) is 7.76. The molecule has 0 amide bonds. The van der Waals surface area contributed by atoms with Crippen LogP contribution in [0.4, 0.5) is 5.69 Å². The van der Waals surface area contributed by atoms with Crippen molar-refractivity contribution >= 4 is 38.7 Å². The average molecular weight is 425 g/mol. The second-order valence-corrected chi connectivity index (χ2v) is 8.87. The lowest BCUT2D eigenvalue weighted by atomic mass is 9.96. The molecule has 1 atom stereocenters. The number of nitrogens with zero attached hydrogens (tertiary/aromatic N) is 1. The summed E-state index contributed by atoms with van der Waals surface area (Å²) in [6.07, 6.45) is 2.37. The average Bonchev–Trinajstić information content (AvgIpc) is 3.13. The number of nitrogens with two attached hydrogens (primary N) is 1. The molecule has 0 fully saturated rings. The van der Waals surface area contributed by atoms with Crippen molar-refractivity contribution < 1.29 is 10.2 Å². The zero-order valence-electron chi connectivity index (χ0n) is 15.9. The highest BCUT2D eigenvalue weighted by Crippen LogP contribution is 2.36. The summed E-state index contributed by atoms with van der Waals surface area (Å²) in [5.74, 6) is 0. The van der Waals surface area contributed by atoms with Crippen LogP contribution in [-0.4, -0.2) is 21.8 Å². The zero-order valence-corrected chi connectivity index (χ0v) is 17.5. The van der Waals surface area contributed by atoms with Gasteiger partial charge in [0, 0.05) is 38.5 Å². The van der Waals surface area contributed by atoms with Gasteiger partial charge in [-0.15, -0.1) is 11.3 Å². The lowest BCUT2D eigenvalue weighted by Crippen LogP contribution is -2.25. The first-order valence-corrected chi connectivity index (χ1v) is 10.4. The third kappa shape index (κ3) is 4.00. The van der Waals surface area contributed by atoms with E-state index in [0.717, 1.165) is 26.9 Å². The van der Waals surface area contributed by atoms with Gasteiger partial charge in [0.15, 0.2) is 0 Å². The molecule has 4 rings (SSSR count). The summed E-state index contributed by atoms with van der Waals surface area (Å²) in [4.78, 5) is 5.68. The Labute approximate surface area is 178 Å². The molecule has 0 spiro atoms. The molecule has 2 aromatic heterocycles. The summed E-state index contributed by atoms with van der Waals surface area (Å²) in [7, 11) is 0. The number of hydrogen-bond acceptors (Lipinski definition) is 5. The Kier molecular flexibility index (Phi) is 5.32. The standard InChI is InChI=1S/C23H21ClN2O2S/c1-23(28,13-27)16-7-8-26-21(12-16)19-4-2-3-14-10-18(29-22(14)19)11-15-9-17(25)5-6-20(15)24/h2-10,12,27-28H,11,13,25H2,1H3. The Morgan fingerprint density at radius 3 is 2.76 bits per heavy atom. The molecule has 0 aliphatic heterocycles. The third-order valence-corrected chi connectivity index (χ3v) is 6.55. The molecule has 0 bridgehead atoms. The van der Waals surface area contributed by atoms with Gasteiger partial charge in [-0.1, -0.05) is 29.8 Å². The molecular weight excluding hydrogens is 404 g/mol. The lowest BCUT2D eigenvalue weighted by molar-refractivity contribution is -0.00230. The number of hydrogen-bond donors (Lipinski definition) is 3. The van der Waals surface area contributed by atoms with Crippen LogP contribution in [-0.2, 0) is 12.0 Å². The van der Waals surface area contributed by atoms with Crippen LogP contribution in [0.15, 0.2) is 60.8 Å². The third-order valence-electron chi connectivity index (χ3n) is 5.00. The summed E-state index contributed by atoms with van der Waals surface area (Å²) < 4.78 is 1.12. The molecule has 0 saturated carbocycles. The summed E-state index contributed by atoms with van der Waals surface area (Å²) in [6.45, 7) is 1.23. The molecule has 4 aromatic rings. The highest BCUT2D eigenvalue weighted by atomic mass is 35.5. The van der Waals surface area contributed by atoms with Gasteiger partial charge in [-0.25, -0.2) is 0 Å². The number of benzene rings is 2. The molecule has 0 saturated heterocycles. The van der Waals surface area contributed by atoms with Gasteiger partial charge in [0.1, 0.15) is 5.60 Å². The molecule has 2 aromatic carbocycles.